The number of carbonyl (C=O) groups is 1. The number of thiophene rings is 1. The molecular formula is C26H20FN5O2S. The second-order valence-corrected chi connectivity index (χ2v) is 9.28. The average molecular weight is 486 g/mol. The molecule has 0 saturated heterocycles. The quantitative estimate of drug-likeness (QED) is 0.326. The maximum Gasteiger partial charge on any atom is 0.264 e. The number of fused-ring (bicyclic) bond motifs is 1. The van der Waals surface area contributed by atoms with Gasteiger partial charge in [-0.3, -0.25) is 4.79 Å². The molecule has 0 aliphatic carbocycles. The number of aromatic nitrogens is 3. The summed E-state index contributed by atoms with van der Waals surface area (Å²) in [7, 11) is 0. The number of hydrogen-bond donors (Lipinski definition) is 0. The van der Waals surface area contributed by atoms with Crippen LogP contribution in [0.25, 0.3) is 22.5 Å². The Labute approximate surface area is 204 Å². The number of hydrogen-bond acceptors (Lipinski definition) is 6. The molecule has 35 heavy (non-hydrogen) atoms. The molecule has 0 radical (unpaired) electrons. The van der Waals surface area contributed by atoms with Crippen LogP contribution < -0.4 is 0 Å². The first-order valence-electron chi connectivity index (χ1n) is 11.1. The van der Waals surface area contributed by atoms with E-state index in [2.05, 4.69) is 10.2 Å². The molecule has 0 N–H and O–H groups in total. The number of halogens is 1. The summed E-state index contributed by atoms with van der Waals surface area (Å²) in [5.41, 5.74) is 3.22. The molecule has 5 aromatic rings. The summed E-state index contributed by atoms with van der Waals surface area (Å²) < 4.78 is 21.2. The minimum absolute atomic E-state index is 0.0309. The van der Waals surface area contributed by atoms with Crippen molar-refractivity contribution in [3.05, 3.63) is 94.3 Å². The predicted octanol–water partition coefficient (Wildman–Crippen LogP) is 5.58. The van der Waals surface area contributed by atoms with Crippen molar-refractivity contribution in [1.29, 1.82) is 0 Å². The van der Waals surface area contributed by atoms with Crippen molar-refractivity contribution in [2.45, 2.75) is 25.9 Å². The molecule has 4 heterocycles. The lowest BCUT2D eigenvalue weighted by atomic mass is 10.0. The van der Waals surface area contributed by atoms with Crippen molar-refractivity contribution < 1.29 is 13.6 Å². The first-order chi connectivity index (χ1) is 17.1. The lowest BCUT2D eigenvalue weighted by Crippen LogP contribution is -2.30. The van der Waals surface area contributed by atoms with E-state index in [1.807, 2.05) is 52.4 Å². The molecule has 0 saturated carbocycles. The first kappa shape index (κ1) is 21.4. The standard InChI is InChI=1S/C26H20FN5O2S/c1-16-28-29-26(34-16)23-13-18-5-2-3-6-21(18)31(23)15-25(33)32-22(17-8-10-19(27)11-9-17)14-20(30-32)24-7-4-12-35-24/h2-13,22H,14-15H2,1H3/t22-/m0/s1. The highest BCUT2D eigenvalue weighted by atomic mass is 32.1. The van der Waals surface area contributed by atoms with Crippen molar-refractivity contribution in [2.24, 2.45) is 5.10 Å². The molecule has 6 rings (SSSR count). The number of carbonyl (C=O) groups excluding carboxylic acids is 1. The van der Waals surface area contributed by atoms with Gasteiger partial charge in [-0.05, 0) is 41.3 Å². The van der Waals surface area contributed by atoms with E-state index in [0.29, 0.717) is 23.9 Å². The van der Waals surface area contributed by atoms with Crippen LogP contribution in [0.1, 0.15) is 28.8 Å². The number of amides is 1. The normalized spacial score (nSPS) is 15.7. The van der Waals surface area contributed by atoms with E-state index in [1.54, 1.807) is 30.4 Å². The maximum absolute atomic E-state index is 13.8. The number of benzene rings is 2. The summed E-state index contributed by atoms with van der Waals surface area (Å²) in [5.74, 6) is 0.294. The van der Waals surface area contributed by atoms with Gasteiger partial charge < -0.3 is 8.98 Å². The van der Waals surface area contributed by atoms with E-state index in [1.165, 1.54) is 17.1 Å². The minimum atomic E-state index is -0.323. The van der Waals surface area contributed by atoms with Crippen molar-refractivity contribution in [3.63, 3.8) is 0 Å². The van der Waals surface area contributed by atoms with Crippen LogP contribution in [0.4, 0.5) is 4.39 Å². The zero-order chi connectivity index (χ0) is 23.9. The van der Waals surface area contributed by atoms with E-state index in [-0.39, 0.29) is 24.3 Å². The van der Waals surface area contributed by atoms with Crippen molar-refractivity contribution in [2.75, 3.05) is 0 Å². The molecule has 0 bridgehead atoms. The monoisotopic (exact) mass is 485 g/mol. The molecule has 7 nitrogen and oxygen atoms in total. The average Bonchev–Trinajstić information content (AvgIpc) is 3.66. The van der Waals surface area contributed by atoms with Crippen LogP contribution >= 0.6 is 11.3 Å². The topological polar surface area (TPSA) is 76.5 Å². The van der Waals surface area contributed by atoms with Crippen molar-refractivity contribution in [1.82, 2.24) is 19.8 Å². The molecule has 9 heteroatoms. The van der Waals surface area contributed by atoms with Gasteiger partial charge in [0.1, 0.15) is 18.1 Å². The number of rotatable bonds is 5. The molecule has 1 aliphatic heterocycles. The van der Waals surface area contributed by atoms with Crippen molar-refractivity contribution >= 4 is 33.9 Å². The summed E-state index contributed by atoms with van der Waals surface area (Å²) in [6, 6.07) is 19.6. The largest absolute Gasteiger partial charge is 0.420 e. The smallest absolute Gasteiger partial charge is 0.264 e. The second kappa shape index (κ2) is 8.59. The zero-order valence-corrected chi connectivity index (χ0v) is 19.6. The van der Waals surface area contributed by atoms with Crippen LogP contribution in [0, 0.1) is 12.7 Å². The van der Waals surface area contributed by atoms with Gasteiger partial charge in [0.2, 0.25) is 5.89 Å². The summed E-state index contributed by atoms with van der Waals surface area (Å²) in [6.07, 6.45) is 0.556. The lowest BCUT2D eigenvalue weighted by Gasteiger charge is -2.23. The predicted molar refractivity (Wildman–Crippen MR) is 131 cm³/mol. The Morgan fingerprint density at radius 3 is 2.69 bits per heavy atom. The Morgan fingerprint density at radius 1 is 1.11 bits per heavy atom. The molecule has 174 valence electrons. The number of hydrazone groups is 1. The third-order valence-electron chi connectivity index (χ3n) is 6.08. The molecule has 0 fully saturated rings. The highest BCUT2D eigenvalue weighted by molar-refractivity contribution is 7.12. The molecule has 1 atom stereocenters. The summed E-state index contributed by atoms with van der Waals surface area (Å²) in [4.78, 5) is 14.8. The fraction of sp³-hybridized carbons (Fsp3) is 0.154. The fourth-order valence-electron chi connectivity index (χ4n) is 4.44. The van der Waals surface area contributed by atoms with Gasteiger partial charge >= 0.3 is 0 Å². The van der Waals surface area contributed by atoms with Crippen molar-refractivity contribution in [3.8, 4) is 11.6 Å². The summed E-state index contributed by atoms with van der Waals surface area (Å²) >= 11 is 1.58. The molecule has 3 aromatic heterocycles. The van der Waals surface area contributed by atoms with Crippen LogP contribution in [0.3, 0.4) is 0 Å². The zero-order valence-electron chi connectivity index (χ0n) is 18.8. The van der Waals surface area contributed by atoms with Crippen LogP contribution in [0.15, 0.2) is 81.6 Å². The number of aryl methyl sites for hydroxylation is 1. The Balaban J connectivity index is 1.40. The van der Waals surface area contributed by atoms with Crippen LogP contribution in [0.5, 0.6) is 0 Å². The van der Waals surface area contributed by atoms with E-state index in [4.69, 9.17) is 9.52 Å². The Bertz CT molecular complexity index is 1550. The fourth-order valence-corrected chi connectivity index (χ4v) is 5.16. The van der Waals surface area contributed by atoms with Gasteiger partial charge in [-0.1, -0.05) is 36.4 Å². The van der Waals surface area contributed by atoms with E-state index in [0.717, 1.165) is 27.1 Å². The van der Waals surface area contributed by atoms with Gasteiger partial charge in [-0.2, -0.15) is 5.10 Å². The van der Waals surface area contributed by atoms with Crippen LogP contribution in [0.2, 0.25) is 0 Å². The maximum atomic E-state index is 13.8. The van der Waals surface area contributed by atoms with Gasteiger partial charge in [-0.15, -0.1) is 21.5 Å². The van der Waals surface area contributed by atoms with E-state index in [9.17, 15) is 9.18 Å². The Morgan fingerprint density at radius 2 is 1.94 bits per heavy atom. The number of para-hydroxylation sites is 1. The third kappa shape index (κ3) is 3.93. The molecule has 1 aliphatic rings. The summed E-state index contributed by atoms with van der Waals surface area (Å²) in [6.45, 7) is 1.76. The van der Waals surface area contributed by atoms with Gasteiger partial charge in [0.05, 0.1) is 16.6 Å². The minimum Gasteiger partial charge on any atom is -0.420 e. The highest BCUT2D eigenvalue weighted by Gasteiger charge is 2.34. The molecular weight excluding hydrogens is 465 g/mol. The van der Waals surface area contributed by atoms with E-state index >= 15 is 0 Å². The lowest BCUT2D eigenvalue weighted by molar-refractivity contribution is -0.133. The van der Waals surface area contributed by atoms with Gasteiger partial charge in [-0.25, -0.2) is 9.40 Å². The highest BCUT2D eigenvalue weighted by Crippen LogP contribution is 2.35. The first-order valence-corrected chi connectivity index (χ1v) is 12.0. The number of nitrogens with zero attached hydrogens (tertiary/aromatic N) is 5. The molecule has 2 aromatic carbocycles. The summed E-state index contributed by atoms with van der Waals surface area (Å²) in [5, 5.41) is 17.3. The van der Waals surface area contributed by atoms with E-state index < -0.39 is 0 Å². The Kier molecular flexibility index (Phi) is 5.26. The second-order valence-electron chi connectivity index (χ2n) is 8.33. The van der Waals surface area contributed by atoms with Crippen LogP contribution in [-0.4, -0.2) is 31.4 Å². The molecule has 1 amide bonds. The van der Waals surface area contributed by atoms with Crippen LogP contribution in [-0.2, 0) is 11.3 Å². The molecule has 0 spiro atoms. The SMILES string of the molecule is Cc1nnc(-c2cc3ccccc3n2CC(=O)N2N=C(c3cccs3)C[C@H]2c2ccc(F)cc2)o1. The Hall–Kier alpha value is -4.11. The molecule has 0 unspecified atom stereocenters. The van der Waals surface area contributed by atoms with Gasteiger partial charge in [0, 0.05) is 24.2 Å². The van der Waals surface area contributed by atoms with Gasteiger partial charge in [0.25, 0.3) is 11.8 Å². The van der Waals surface area contributed by atoms with Gasteiger partial charge in [0.15, 0.2) is 0 Å². The third-order valence-corrected chi connectivity index (χ3v) is 6.99.